The van der Waals surface area contributed by atoms with E-state index in [0.717, 1.165) is 27.0 Å². The van der Waals surface area contributed by atoms with Crippen molar-refractivity contribution >= 4 is 41.5 Å². The van der Waals surface area contributed by atoms with Crippen LogP contribution in [-0.4, -0.2) is 60.4 Å². The highest BCUT2D eigenvalue weighted by molar-refractivity contribution is 9.10. The fraction of sp³-hybridized carbons (Fsp3) is 0.162. The Morgan fingerprint density at radius 3 is 1.69 bits per heavy atom. The van der Waals surface area contributed by atoms with E-state index in [-0.39, 0.29) is 11.9 Å². The van der Waals surface area contributed by atoms with E-state index >= 15 is 0 Å². The summed E-state index contributed by atoms with van der Waals surface area (Å²) in [5.41, 5.74) is 4.92. The van der Waals surface area contributed by atoms with Gasteiger partial charge in [-0.2, -0.15) is 0 Å². The maximum Gasteiger partial charge on any atom is 0.569 e. The first-order valence-corrected chi connectivity index (χ1v) is 16.1. The quantitative estimate of drug-likeness (QED) is 0.0883. The molecule has 5 aromatic rings. The van der Waals surface area contributed by atoms with Crippen molar-refractivity contribution in [1.82, 2.24) is 9.97 Å². The summed E-state index contributed by atoms with van der Waals surface area (Å²) in [4.78, 5) is 43.0. The zero-order valence-electron chi connectivity index (χ0n) is 27.2. The highest BCUT2D eigenvalue weighted by Gasteiger charge is 2.12. The van der Waals surface area contributed by atoms with Gasteiger partial charge in [-0.05, 0) is 93.6 Å². The molecule has 0 spiro atoms. The van der Waals surface area contributed by atoms with E-state index in [1.165, 1.54) is 6.07 Å². The maximum absolute atomic E-state index is 11.7. The third-order valence-corrected chi connectivity index (χ3v) is 6.98. The molecular weight excluding hydrogens is 691 g/mol. The average molecular weight is 726 g/mol. The van der Waals surface area contributed by atoms with Crippen molar-refractivity contribution in [2.75, 3.05) is 19.8 Å². The van der Waals surface area contributed by atoms with E-state index in [4.69, 9.17) is 23.9 Å². The lowest BCUT2D eigenvalue weighted by Crippen LogP contribution is -2.05. The van der Waals surface area contributed by atoms with Gasteiger partial charge in [0.05, 0.1) is 47.9 Å². The lowest BCUT2D eigenvalue weighted by Gasteiger charge is -2.07. The van der Waals surface area contributed by atoms with Gasteiger partial charge in [-0.25, -0.2) is 14.4 Å². The van der Waals surface area contributed by atoms with Gasteiger partial charge in [-0.3, -0.25) is 9.97 Å². The molecule has 0 saturated carbocycles. The minimum atomic E-state index is -0.407. The Balaban J connectivity index is 0.000000201. The molecule has 0 fully saturated rings. The van der Waals surface area contributed by atoms with E-state index in [0.29, 0.717) is 49.9 Å². The van der Waals surface area contributed by atoms with Crippen molar-refractivity contribution in [3.05, 3.63) is 137 Å². The number of rotatable bonds is 10. The molecule has 1 N–H and O–H groups in total. The lowest BCUT2D eigenvalue weighted by atomic mass is 10.1. The third kappa shape index (κ3) is 12.3. The molecule has 5 rings (SSSR count). The minimum absolute atomic E-state index is 0.301. The second-order valence-corrected chi connectivity index (χ2v) is 10.5. The molecule has 10 nitrogen and oxygen atoms in total. The number of aromatic nitrogens is 2. The fourth-order valence-corrected chi connectivity index (χ4v) is 4.56. The van der Waals surface area contributed by atoms with E-state index in [1.54, 1.807) is 75.6 Å². The van der Waals surface area contributed by atoms with Crippen LogP contribution in [0.25, 0.3) is 22.5 Å². The van der Waals surface area contributed by atoms with Crippen molar-refractivity contribution in [3.63, 3.8) is 0 Å². The molecule has 0 aliphatic heterocycles. The molecule has 2 aromatic heterocycles. The summed E-state index contributed by atoms with van der Waals surface area (Å²) in [5.74, 6) is -0.638. The van der Waals surface area contributed by atoms with Crippen LogP contribution in [0, 0.1) is 0 Å². The number of halogens is 1. The summed E-state index contributed by atoms with van der Waals surface area (Å²) in [6, 6.07) is 30.3. The van der Waals surface area contributed by atoms with Gasteiger partial charge in [0.25, 0.3) is 0 Å². The number of hydrogen-bond acceptors (Lipinski definition) is 10. The summed E-state index contributed by atoms with van der Waals surface area (Å²) in [5, 5.41) is 8.39. The third-order valence-electron chi connectivity index (χ3n) is 6.29. The standard InChI is InChI=1S/C14H12BrNO2.C14H13NO2.C9H10BO4/c1-2-18-14(17)10-6-7-12(15)11(9-10)13-5-3-4-8-16-13;1-2-17-14(16)12-7-5-6-11(10-12)13-8-3-4-9-15-13;1-2-13-9(11)7-4-3-5-8(6-7)14-10-12/h3-9H,2H2,1H3;3-10H,2H2,1H3;3-6,12H,2H2,1H3. The molecule has 0 unspecified atom stereocenters. The Kier molecular flexibility index (Phi) is 16.2. The molecule has 0 aliphatic carbocycles. The van der Waals surface area contributed by atoms with Crippen molar-refractivity contribution in [3.8, 4) is 28.3 Å². The number of nitrogens with zero attached hydrogens (tertiary/aromatic N) is 2. The molecule has 3 aromatic carbocycles. The summed E-state index contributed by atoms with van der Waals surface area (Å²) in [7, 11) is 0.560. The van der Waals surface area contributed by atoms with Crippen LogP contribution in [0.3, 0.4) is 0 Å². The van der Waals surface area contributed by atoms with Crippen molar-refractivity contribution in [2.24, 2.45) is 0 Å². The normalized spacial score (nSPS) is 9.82. The highest BCUT2D eigenvalue weighted by Crippen LogP contribution is 2.28. The van der Waals surface area contributed by atoms with Gasteiger partial charge in [-0.1, -0.05) is 46.3 Å². The van der Waals surface area contributed by atoms with Crippen LogP contribution in [0.2, 0.25) is 0 Å². The lowest BCUT2D eigenvalue weighted by molar-refractivity contribution is 0.0516. The van der Waals surface area contributed by atoms with Crippen LogP contribution in [0.5, 0.6) is 5.75 Å². The number of hydrogen-bond donors (Lipinski definition) is 1. The van der Waals surface area contributed by atoms with Gasteiger partial charge in [0, 0.05) is 28.0 Å². The fourth-order valence-electron chi connectivity index (χ4n) is 4.11. The molecule has 1 radical (unpaired) electrons. The number of pyridine rings is 2. The SMILES string of the molecule is CCOC(=O)c1ccc(Br)c(-c2ccccn2)c1.CCOC(=O)c1cccc(-c2ccccn2)c1.CCOC(=O)c1cccc(O[B]O)c1. The first kappa shape index (κ1) is 38.1. The van der Waals surface area contributed by atoms with Crippen LogP contribution in [0.4, 0.5) is 0 Å². The van der Waals surface area contributed by atoms with Crippen LogP contribution in [0.15, 0.2) is 120 Å². The van der Waals surface area contributed by atoms with Gasteiger partial charge < -0.3 is 23.9 Å². The van der Waals surface area contributed by atoms with Crippen molar-refractivity contribution in [2.45, 2.75) is 20.8 Å². The Hall–Kier alpha value is -5.33. The first-order valence-electron chi connectivity index (χ1n) is 15.3. The average Bonchev–Trinajstić information content (AvgIpc) is 3.14. The van der Waals surface area contributed by atoms with Crippen LogP contribution < -0.4 is 4.65 Å². The van der Waals surface area contributed by atoms with E-state index < -0.39 is 5.97 Å². The van der Waals surface area contributed by atoms with Gasteiger partial charge >= 0.3 is 25.6 Å². The topological polar surface area (TPSA) is 134 Å². The molecule has 0 amide bonds. The molecule has 251 valence electrons. The van der Waals surface area contributed by atoms with Crippen LogP contribution >= 0.6 is 15.9 Å². The van der Waals surface area contributed by atoms with Gasteiger partial charge in [0.15, 0.2) is 0 Å². The smallest absolute Gasteiger partial charge is 0.537 e. The predicted octanol–water partition coefficient (Wildman–Crippen LogP) is 7.38. The molecular formula is C37H35BBrN2O8. The summed E-state index contributed by atoms with van der Waals surface area (Å²) in [6.45, 7) is 6.40. The summed E-state index contributed by atoms with van der Waals surface area (Å²) in [6.07, 6.45) is 3.45. The predicted molar refractivity (Wildman–Crippen MR) is 190 cm³/mol. The summed E-state index contributed by atoms with van der Waals surface area (Å²) >= 11 is 3.46. The second kappa shape index (κ2) is 20.8. The van der Waals surface area contributed by atoms with E-state index in [2.05, 4.69) is 25.9 Å². The minimum Gasteiger partial charge on any atom is -0.537 e. The zero-order chi connectivity index (χ0) is 35.4. The molecule has 0 atom stereocenters. The molecule has 0 bridgehead atoms. The number of benzene rings is 3. The van der Waals surface area contributed by atoms with Crippen LogP contribution in [-0.2, 0) is 14.2 Å². The van der Waals surface area contributed by atoms with Crippen molar-refractivity contribution in [1.29, 1.82) is 0 Å². The Labute approximate surface area is 294 Å². The maximum atomic E-state index is 11.7. The number of carbonyl (C=O) groups excluding carboxylic acids is 3. The Morgan fingerprint density at radius 2 is 1.16 bits per heavy atom. The van der Waals surface area contributed by atoms with Gasteiger partial charge in [0.1, 0.15) is 5.75 Å². The molecule has 0 saturated heterocycles. The van der Waals surface area contributed by atoms with E-state index in [9.17, 15) is 14.4 Å². The van der Waals surface area contributed by atoms with E-state index in [1.807, 2.05) is 54.6 Å². The van der Waals surface area contributed by atoms with Crippen LogP contribution in [0.1, 0.15) is 51.8 Å². The summed E-state index contributed by atoms with van der Waals surface area (Å²) < 4.78 is 20.3. The van der Waals surface area contributed by atoms with Gasteiger partial charge in [-0.15, -0.1) is 0 Å². The Bertz CT molecular complexity index is 1790. The van der Waals surface area contributed by atoms with Gasteiger partial charge in [0.2, 0.25) is 0 Å². The first-order chi connectivity index (χ1) is 23.8. The zero-order valence-corrected chi connectivity index (χ0v) is 28.8. The molecule has 12 heteroatoms. The molecule has 2 heterocycles. The second-order valence-electron chi connectivity index (χ2n) is 9.62. The Morgan fingerprint density at radius 1 is 0.633 bits per heavy atom. The molecule has 49 heavy (non-hydrogen) atoms. The van der Waals surface area contributed by atoms with Crippen molar-refractivity contribution < 1.29 is 38.3 Å². The molecule has 0 aliphatic rings. The highest BCUT2D eigenvalue weighted by atomic mass is 79.9. The number of ether oxygens (including phenoxy) is 3. The number of esters is 3. The number of carbonyl (C=O) groups is 3. The monoisotopic (exact) mass is 725 g/mol. The largest absolute Gasteiger partial charge is 0.569 e.